The fraction of sp³-hybridized carbons (Fsp3) is 0.625. The highest BCUT2D eigenvalue weighted by molar-refractivity contribution is 5.67. The molecule has 0 saturated heterocycles. The van der Waals surface area contributed by atoms with Crippen LogP contribution < -0.4 is 19.9 Å². The van der Waals surface area contributed by atoms with Crippen molar-refractivity contribution in [1.29, 1.82) is 0 Å². The van der Waals surface area contributed by atoms with Crippen LogP contribution in [0.2, 0.25) is 0 Å². The summed E-state index contributed by atoms with van der Waals surface area (Å²) >= 11 is 0. The largest absolute Gasteiger partial charge is 0.492 e. The first-order valence-electron chi connectivity index (χ1n) is 7.52. The fourth-order valence-electron chi connectivity index (χ4n) is 4.00. The quantitative estimate of drug-likeness (QED) is 0.916. The van der Waals surface area contributed by atoms with E-state index in [1.165, 1.54) is 23.1 Å². The van der Waals surface area contributed by atoms with Gasteiger partial charge in [0.05, 0.1) is 20.3 Å². The Morgan fingerprint density at radius 3 is 2.40 bits per heavy atom. The number of benzene rings is 1. The van der Waals surface area contributed by atoms with E-state index in [9.17, 15) is 0 Å². The summed E-state index contributed by atoms with van der Waals surface area (Å²) in [5.41, 5.74) is 10.0. The molecule has 4 nitrogen and oxygen atoms in total. The molecule has 4 heteroatoms. The van der Waals surface area contributed by atoms with Gasteiger partial charge in [0.2, 0.25) is 0 Å². The van der Waals surface area contributed by atoms with Crippen LogP contribution in [0.3, 0.4) is 0 Å². The van der Waals surface area contributed by atoms with Crippen LogP contribution in [-0.4, -0.2) is 26.9 Å². The average molecular weight is 275 g/mol. The van der Waals surface area contributed by atoms with E-state index >= 15 is 0 Å². The van der Waals surface area contributed by atoms with Gasteiger partial charge in [-0.05, 0) is 12.8 Å². The number of ether oxygens (including phenoxy) is 3. The fourth-order valence-corrected chi connectivity index (χ4v) is 4.00. The first-order valence-corrected chi connectivity index (χ1v) is 7.52. The SMILES string of the molecule is COc1c2c(c(C3(CN)CCC3)c3c1OCC3)OCC2. The molecule has 0 amide bonds. The van der Waals surface area contributed by atoms with E-state index in [4.69, 9.17) is 19.9 Å². The van der Waals surface area contributed by atoms with Gasteiger partial charge in [-0.3, -0.25) is 0 Å². The van der Waals surface area contributed by atoms with Crippen molar-refractivity contribution >= 4 is 0 Å². The highest BCUT2D eigenvalue weighted by Crippen LogP contribution is 2.56. The summed E-state index contributed by atoms with van der Waals surface area (Å²) in [7, 11) is 1.72. The summed E-state index contributed by atoms with van der Waals surface area (Å²) in [5.74, 6) is 2.89. The molecule has 2 aliphatic heterocycles. The van der Waals surface area contributed by atoms with Gasteiger partial charge in [-0.1, -0.05) is 6.42 Å². The van der Waals surface area contributed by atoms with E-state index < -0.39 is 0 Å². The topological polar surface area (TPSA) is 53.7 Å². The lowest BCUT2D eigenvalue weighted by Crippen LogP contribution is -2.42. The zero-order valence-corrected chi connectivity index (χ0v) is 12.0. The third kappa shape index (κ3) is 1.40. The molecular formula is C16H21NO3. The molecule has 20 heavy (non-hydrogen) atoms. The lowest BCUT2D eigenvalue weighted by Gasteiger charge is -2.43. The number of nitrogens with two attached hydrogens (primary N) is 1. The van der Waals surface area contributed by atoms with Crippen molar-refractivity contribution in [2.75, 3.05) is 26.9 Å². The second-order valence-electron chi connectivity index (χ2n) is 6.06. The van der Waals surface area contributed by atoms with Crippen LogP contribution >= 0.6 is 0 Å². The highest BCUT2D eigenvalue weighted by Gasteiger charge is 2.45. The predicted octanol–water partition coefficient (Wildman–Crippen LogP) is 1.95. The van der Waals surface area contributed by atoms with Crippen molar-refractivity contribution in [2.24, 2.45) is 5.73 Å². The van der Waals surface area contributed by atoms with Crippen LogP contribution in [-0.2, 0) is 18.3 Å². The molecule has 4 rings (SSSR count). The van der Waals surface area contributed by atoms with Crippen LogP contribution in [0, 0.1) is 0 Å². The molecule has 0 aromatic heterocycles. The maximum absolute atomic E-state index is 6.13. The molecule has 2 N–H and O–H groups in total. The first kappa shape index (κ1) is 12.3. The van der Waals surface area contributed by atoms with Crippen LogP contribution in [0.5, 0.6) is 17.2 Å². The molecule has 0 atom stereocenters. The van der Waals surface area contributed by atoms with E-state index in [0.29, 0.717) is 6.54 Å². The minimum absolute atomic E-state index is 0.110. The maximum atomic E-state index is 6.13. The van der Waals surface area contributed by atoms with Gasteiger partial charge in [0, 0.05) is 41.5 Å². The van der Waals surface area contributed by atoms with Gasteiger partial charge < -0.3 is 19.9 Å². The normalized spacial score (nSPS) is 21.5. The number of fused-ring (bicyclic) bond motifs is 2. The summed E-state index contributed by atoms with van der Waals surface area (Å²) in [6.45, 7) is 2.17. The predicted molar refractivity (Wildman–Crippen MR) is 76.0 cm³/mol. The minimum Gasteiger partial charge on any atom is -0.492 e. The number of rotatable bonds is 3. The van der Waals surface area contributed by atoms with Crippen molar-refractivity contribution in [1.82, 2.24) is 0 Å². The van der Waals surface area contributed by atoms with Crippen LogP contribution in [0.25, 0.3) is 0 Å². The molecule has 1 saturated carbocycles. The average Bonchev–Trinajstić information content (AvgIpc) is 3.05. The molecule has 0 spiro atoms. The summed E-state index contributed by atoms with van der Waals surface area (Å²) in [6.07, 6.45) is 5.44. The summed E-state index contributed by atoms with van der Waals surface area (Å²) < 4.78 is 17.5. The van der Waals surface area contributed by atoms with Crippen molar-refractivity contribution in [3.63, 3.8) is 0 Å². The third-order valence-electron chi connectivity index (χ3n) is 5.19. The van der Waals surface area contributed by atoms with E-state index in [-0.39, 0.29) is 5.41 Å². The monoisotopic (exact) mass is 275 g/mol. The van der Waals surface area contributed by atoms with E-state index in [1.54, 1.807) is 7.11 Å². The third-order valence-corrected chi connectivity index (χ3v) is 5.19. The van der Waals surface area contributed by atoms with E-state index in [1.807, 2.05) is 0 Å². The molecule has 1 aromatic rings. The second-order valence-corrected chi connectivity index (χ2v) is 6.06. The molecule has 1 fully saturated rings. The molecular weight excluding hydrogens is 254 g/mol. The van der Waals surface area contributed by atoms with E-state index in [2.05, 4.69) is 0 Å². The van der Waals surface area contributed by atoms with Crippen LogP contribution in [0.1, 0.15) is 36.0 Å². The molecule has 2 heterocycles. The summed E-state index contributed by atoms with van der Waals surface area (Å²) in [4.78, 5) is 0. The Bertz CT molecular complexity index is 523. The van der Waals surface area contributed by atoms with Crippen molar-refractivity contribution in [2.45, 2.75) is 37.5 Å². The first-order chi connectivity index (χ1) is 9.80. The Morgan fingerprint density at radius 1 is 1.10 bits per heavy atom. The van der Waals surface area contributed by atoms with Crippen LogP contribution in [0.15, 0.2) is 0 Å². The summed E-state index contributed by atoms with van der Waals surface area (Å²) in [5, 5.41) is 0. The molecule has 0 bridgehead atoms. The van der Waals surface area contributed by atoms with Gasteiger partial charge in [0.1, 0.15) is 5.75 Å². The van der Waals surface area contributed by atoms with Gasteiger partial charge in [-0.15, -0.1) is 0 Å². The second kappa shape index (κ2) is 4.29. The summed E-state index contributed by atoms with van der Waals surface area (Å²) in [6, 6.07) is 0. The zero-order valence-electron chi connectivity index (χ0n) is 12.0. The highest BCUT2D eigenvalue weighted by atomic mass is 16.5. The van der Waals surface area contributed by atoms with Crippen molar-refractivity contribution in [3.05, 3.63) is 16.7 Å². The molecule has 3 aliphatic rings. The van der Waals surface area contributed by atoms with Crippen molar-refractivity contribution < 1.29 is 14.2 Å². The molecule has 1 aliphatic carbocycles. The van der Waals surface area contributed by atoms with Crippen LogP contribution in [0.4, 0.5) is 0 Å². The lowest BCUT2D eigenvalue weighted by atomic mass is 9.62. The van der Waals surface area contributed by atoms with Gasteiger partial charge in [0.25, 0.3) is 0 Å². The molecule has 0 radical (unpaired) electrons. The Hall–Kier alpha value is -1.42. The number of hydrogen-bond donors (Lipinski definition) is 1. The number of hydrogen-bond acceptors (Lipinski definition) is 4. The maximum Gasteiger partial charge on any atom is 0.168 e. The standard InChI is InChI=1S/C16H21NO3/c1-18-14-11-4-8-19-13(11)12(10-3-7-20-15(10)14)16(9-17)5-2-6-16/h2-9,17H2,1H3. The lowest BCUT2D eigenvalue weighted by molar-refractivity contribution is 0.239. The van der Waals surface area contributed by atoms with Crippen molar-refractivity contribution in [3.8, 4) is 17.2 Å². The van der Waals surface area contributed by atoms with Gasteiger partial charge in [-0.25, -0.2) is 0 Å². The molecule has 108 valence electrons. The molecule has 0 unspecified atom stereocenters. The van der Waals surface area contributed by atoms with Gasteiger partial charge in [0.15, 0.2) is 11.5 Å². The smallest absolute Gasteiger partial charge is 0.168 e. The Balaban J connectivity index is 1.99. The molecule has 1 aromatic carbocycles. The Kier molecular flexibility index (Phi) is 2.64. The van der Waals surface area contributed by atoms with Gasteiger partial charge in [-0.2, -0.15) is 0 Å². The zero-order chi connectivity index (χ0) is 13.7. The van der Waals surface area contributed by atoms with Gasteiger partial charge >= 0.3 is 0 Å². The Labute approximate surface area is 119 Å². The number of methoxy groups -OCH3 is 1. The van der Waals surface area contributed by atoms with E-state index in [0.717, 1.165) is 56.1 Å². The Morgan fingerprint density at radius 2 is 1.80 bits per heavy atom. The minimum atomic E-state index is 0.110.